The van der Waals surface area contributed by atoms with Crippen molar-refractivity contribution in [1.82, 2.24) is 10.3 Å². The molecule has 3 rings (SSSR count). The Hall–Kier alpha value is -2.25. The number of aliphatic hydroxyl groups excluding tert-OH is 1. The van der Waals surface area contributed by atoms with Crippen LogP contribution < -0.4 is 16.4 Å². The number of aryl methyl sites for hydroxylation is 1. The number of aliphatic imine (C=N–C) groups is 1. The molecule has 1 saturated carbocycles. The second kappa shape index (κ2) is 10.2. The van der Waals surface area contributed by atoms with Gasteiger partial charge in [-0.15, -0.1) is 0 Å². The molecular formula is C23H34FN5O. The van der Waals surface area contributed by atoms with Crippen LogP contribution in [-0.4, -0.2) is 40.8 Å². The molecule has 1 aromatic heterocycles. The summed E-state index contributed by atoms with van der Waals surface area (Å²) >= 11 is 0. The molecule has 7 heteroatoms. The number of aromatic nitrogens is 1. The van der Waals surface area contributed by atoms with Crippen LogP contribution in [-0.2, 0) is 0 Å². The van der Waals surface area contributed by atoms with Gasteiger partial charge in [0.15, 0.2) is 0 Å². The van der Waals surface area contributed by atoms with Gasteiger partial charge < -0.3 is 21.5 Å². The van der Waals surface area contributed by atoms with E-state index in [9.17, 15) is 9.50 Å². The Kier molecular flexibility index (Phi) is 7.61. The molecule has 30 heavy (non-hydrogen) atoms. The van der Waals surface area contributed by atoms with E-state index < -0.39 is 6.23 Å². The molecule has 0 amide bonds. The van der Waals surface area contributed by atoms with Crippen LogP contribution in [0.5, 0.6) is 0 Å². The third-order valence-electron chi connectivity index (χ3n) is 5.80. The van der Waals surface area contributed by atoms with Crippen LogP contribution in [0.3, 0.4) is 0 Å². The first-order valence-corrected chi connectivity index (χ1v) is 11.0. The van der Waals surface area contributed by atoms with Gasteiger partial charge in [-0.25, -0.2) is 14.4 Å². The molecule has 1 heterocycles. The highest BCUT2D eigenvalue weighted by Crippen LogP contribution is 2.24. The number of nitrogens with one attached hydrogen (secondary N) is 2. The predicted octanol–water partition coefficient (Wildman–Crippen LogP) is 3.84. The molecule has 2 aromatic rings. The van der Waals surface area contributed by atoms with Gasteiger partial charge in [0.25, 0.3) is 0 Å². The molecule has 1 aromatic carbocycles. The molecule has 1 aliphatic carbocycles. The smallest absolute Gasteiger partial charge is 0.144 e. The zero-order valence-electron chi connectivity index (χ0n) is 18.2. The normalized spacial score (nSPS) is 17.4. The van der Waals surface area contributed by atoms with Crippen molar-refractivity contribution in [3.8, 4) is 0 Å². The summed E-state index contributed by atoms with van der Waals surface area (Å²) in [5.41, 5.74) is 7.87. The summed E-state index contributed by atoms with van der Waals surface area (Å²) in [6.45, 7) is 6.18. The van der Waals surface area contributed by atoms with Gasteiger partial charge in [0.05, 0.1) is 11.1 Å². The molecule has 1 fully saturated rings. The fourth-order valence-corrected chi connectivity index (χ4v) is 4.11. The Morgan fingerprint density at radius 1 is 1.33 bits per heavy atom. The molecule has 0 radical (unpaired) electrons. The maximum absolute atomic E-state index is 14.1. The summed E-state index contributed by atoms with van der Waals surface area (Å²) in [5.74, 6) is 0.481. The summed E-state index contributed by atoms with van der Waals surface area (Å²) in [6.07, 6.45) is 6.25. The summed E-state index contributed by atoms with van der Waals surface area (Å²) in [7, 11) is 0. The topological polar surface area (TPSA) is 95.6 Å². The van der Waals surface area contributed by atoms with Crippen molar-refractivity contribution in [3.63, 3.8) is 0 Å². The van der Waals surface area contributed by atoms with Crippen molar-refractivity contribution in [2.75, 3.05) is 11.9 Å². The number of halogens is 1. The number of rotatable bonds is 9. The summed E-state index contributed by atoms with van der Waals surface area (Å²) < 4.78 is 14.1. The van der Waals surface area contributed by atoms with Crippen molar-refractivity contribution in [3.05, 3.63) is 35.1 Å². The Balaban J connectivity index is 1.80. The van der Waals surface area contributed by atoms with Crippen molar-refractivity contribution in [2.24, 2.45) is 10.7 Å². The minimum atomic E-state index is -0.913. The Morgan fingerprint density at radius 3 is 2.73 bits per heavy atom. The van der Waals surface area contributed by atoms with E-state index in [2.05, 4.69) is 27.5 Å². The number of hydrogen-bond acceptors (Lipinski definition) is 5. The predicted molar refractivity (Wildman–Crippen MR) is 121 cm³/mol. The molecule has 5 N–H and O–H groups in total. The van der Waals surface area contributed by atoms with E-state index in [-0.39, 0.29) is 11.7 Å². The highest BCUT2D eigenvalue weighted by atomic mass is 19.1. The summed E-state index contributed by atoms with van der Waals surface area (Å²) in [6, 6.07) is 6.11. The van der Waals surface area contributed by atoms with Crippen LogP contribution in [0.2, 0.25) is 0 Å². The molecule has 0 saturated heterocycles. The lowest BCUT2D eigenvalue weighted by atomic mass is 10.1. The zero-order valence-corrected chi connectivity index (χ0v) is 18.2. The van der Waals surface area contributed by atoms with Crippen molar-refractivity contribution in [1.29, 1.82) is 0 Å². The van der Waals surface area contributed by atoms with E-state index >= 15 is 0 Å². The zero-order chi connectivity index (χ0) is 21.7. The van der Waals surface area contributed by atoms with E-state index in [1.54, 1.807) is 19.9 Å². The van der Waals surface area contributed by atoms with Crippen molar-refractivity contribution >= 4 is 22.6 Å². The van der Waals surface area contributed by atoms with Crippen LogP contribution in [0.25, 0.3) is 10.9 Å². The number of anilines is 1. The molecular weight excluding hydrogens is 381 g/mol. The van der Waals surface area contributed by atoms with Crippen LogP contribution in [0.1, 0.15) is 63.5 Å². The molecule has 0 spiro atoms. The molecule has 6 nitrogen and oxygen atoms in total. The maximum Gasteiger partial charge on any atom is 0.144 e. The first-order valence-electron chi connectivity index (χ1n) is 11.0. The van der Waals surface area contributed by atoms with Crippen LogP contribution >= 0.6 is 0 Å². The number of benzene rings is 1. The van der Waals surface area contributed by atoms with E-state index in [0.29, 0.717) is 41.1 Å². The molecule has 0 aliphatic heterocycles. The third kappa shape index (κ3) is 5.67. The molecule has 164 valence electrons. The lowest BCUT2D eigenvalue weighted by molar-refractivity contribution is 0.205. The van der Waals surface area contributed by atoms with E-state index in [0.717, 1.165) is 18.2 Å². The van der Waals surface area contributed by atoms with Gasteiger partial charge in [-0.3, -0.25) is 0 Å². The minimum absolute atomic E-state index is 0.208. The SMILES string of the molecule is CCC(CCNc1nc2cc(F)c(C)cc2cc1C(N)=NC(C)O)NC1CCCC1. The quantitative estimate of drug-likeness (QED) is 0.369. The average molecular weight is 416 g/mol. The second-order valence-electron chi connectivity index (χ2n) is 8.29. The fourth-order valence-electron chi connectivity index (χ4n) is 4.11. The van der Waals surface area contributed by atoms with Gasteiger partial charge in [0.2, 0.25) is 0 Å². The summed E-state index contributed by atoms with van der Waals surface area (Å²) in [5, 5.41) is 17.5. The first-order chi connectivity index (χ1) is 14.4. The van der Waals surface area contributed by atoms with Gasteiger partial charge in [0.1, 0.15) is 23.7 Å². The standard InChI is InChI=1S/C23H34FN5O/c1-4-17(28-18-7-5-6-8-18)9-10-26-23-19(22(25)27-15(3)30)12-16-11-14(2)20(24)13-21(16)29-23/h11-13,15,17-18,28,30H,4-10H2,1-3H3,(H2,25,27)(H,26,29). The van der Waals surface area contributed by atoms with Crippen LogP contribution in [0.15, 0.2) is 23.2 Å². The van der Waals surface area contributed by atoms with Crippen molar-refractivity contribution in [2.45, 2.75) is 77.6 Å². The number of nitrogens with two attached hydrogens (primary N) is 1. The minimum Gasteiger partial charge on any atom is -0.383 e. The Labute approximate surface area is 178 Å². The van der Waals surface area contributed by atoms with Gasteiger partial charge in [-0.1, -0.05) is 19.8 Å². The average Bonchev–Trinajstić information content (AvgIpc) is 3.20. The number of aliphatic hydroxyl groups is 1. The van der Waals surface area contributed by atoms with Gasteiger partial charge in [0, 0.05) is 30.1 Å². The summed E-state index contributed by atoms with van der Waals surface area (Å²) in [4.78, 5) is 8.68. The monoisotopic (exact) mass is 415 g/mol. The highest BCUT2D eigenvalue weighted by molar-refractivity contribution is 6.04. The van der Waals surface area contributed by atoms with Crippen molar-refractivity contribution < 1.29 is 9.50 Å². The number of hydrogen-bond donors (Lipinski definition) is 4. The largest absolute Gasteiger partial charge is 0.383 e. The molecule has 0 bridgehead atoms. The molecule has 1 aliphatic rings. The Morgan fingerprint density at radius 2 is 2.07 bits per heavy atom. The number of nitrogens with zero attached hydrogens (tertiary/aromatic N) is 2. The highest BCUT2D eigenvalue weighted by Gasteiger charge is 2.18. The third-order valence-corrected chi connectivity index (χ3v) is 5.80. The lowest BCUT2D eigenvalue weighted by Crippen LogP contribution is -2.37. The van der Waals surface area contributed by atoms with E-state index in [1.807, 2.05) is 6.07 Å². The van der Waals surface area contributed by atoms with E-state index in [4.69, 9.17) is 5.73 Å². The van der Waals surface area contributed by atoms with Gasteiger partial charge in [-0.2, -0.15) is 0 Å². The second-order valence-corrected chi connectivity index (χ2v) is 8.29. The molecule has 2 atom stereocenters. The lowest BCUT2D eigenvalue weighted by Gasteiger charge is -2.22. The maximum atomic E-state index is 14.1. The number of pyridine rings is 1. The number of fused-ring (bicyclic) bond motifs is 1. The molecule has 2 unspecified atom stereocenters. The Bertz CT molecular complexity index is 893. The van der Waals surface area contributed by atoms with E-state index in [1.165, 1.54) is 31.7 Å². The van der Waals surface area contributed by atoms with Gasteiger partial charge in [-0.05, 0) is 57.2 Å². The van der Waals surface area contributed by atoms with Crippen LogP contribution in [0, 0.1) is 12.7 Å². The fraction of sp³-hybridized carbons (Fsp3) is 0.565. The van der Waals surface area contributed by atoms with Crippen LogP contribution in [0.4, 0.5) is 10.2 Å². The number of amidine groups is 1. The first kappa shape index (κ1) is 22.4. The van der Waals surface area contributed by atoms with Gasteiger partial charge >= 0.3 is 0 Å².